The number of ether oxygens (including phenoxy) is 1. The summed E-state index contributed by atoms with van der Waals surface area (Å²) in [5, 5.41) is 4.06. The van der Waals surface area contributed by atoms with E-state index in [1.54, 1.807) is 24.3 Å². The first-order chi connectivity index (χ1) is 12.8. The minimum Gasteiger partial charge on any atom is -0.464 e. The van der Waals surface area contributed by atoms with Crippen molar-refractivity contribution in [3.05, 3.63) is 71.4 Å². The Morgan fingerprint density at radius 1 is 1.15 bits per heavy atom. The van der Waals surface area contributed by atoms with Crippen LogP contribution in [0.1, 0.15) is 21.6 Å². The number of hydrogen-bond acceptors (Lipinski definition) is 3. The lowest BCUT2D eigenvalue weighted by Gasteiger charge is -2.15. The van der Waals surface area contributed by atoms with Gasteiger partial charge in [0.15, 0.2) is 5.69 Å². The molecule has 3 rings (SSSR count). The molecule has 0 saturated carbocycles. The normalized spacial score (nSPS) is 11.4. The molecular formula is C19H14BF3N2O2. The predicted molar refractivity (Wildman–Crippen MR) is 94.8 cm³/mol. The quantitative estimate of drug-likeness (QED) is 0.515. The number of methoxy groups -OCH3 is 1. The number of carbonyl (C=O) groups excluding carboxylic acids is 1. The smallest absolute Gasteiger partial charge is 0.418 e. The van der Waals surface area contributed by atoms with Gasteiger partial charge in [0.05, 0.1) is 31.9 Å². The Morgan fingerprint density at radius 2 is 1.81 bits per heavy atom. The summed E-state index contributed by atoms with van der Waals surface area (Å²) < 4.78 is 46.1. The van der Waals surface area contributed by atoms with Gasteiger partial charge in [0.1, 0.15) is 0 Å². The topological polar surface area (TPSA) is 44.1 Å². The van der Waals surface area contributed by atoms with E-state index >= 15 is 0 Å². The van der Waals surface area contributed by atoms with Crippen molar-refractivity contribution in [2.24, 2.45) is 0 Å². The van der Waals surface area contributed by atoms with Crippen LogP contribution in [0.25, 0.3) is 16.9 Å². The van der Waals surface area contributed by atoms with Gasteiger partial charge in [0.2, 0.25) is 0 Å². The number of nitrogens with zero attached hydrogens (tertiary/aromatic N) is 2. The summed E-state index contributed by atoms with van der Waals surface area (Å²) in [7, 11) is 6.77. The van der Waals surface area contributed by atoms with Gasteiger partial charge >= 0.3 is 12.1 Å². The molecule has 4 nitrogen and oxygen atoms in total. The van der Waals surface area contributed by atoms with Crippen LogP contribution >= 0.6 is 0 Å². The van der Waals surface area contributed by atoms with Gasteiger partial charge in [-0.2, -0.15) is 18.3 Å². The van der Waals surface area contributed by atoms with Crippen LogP contribution in [0.3, 0.4) is 0 Å². The second kappa shape index (κ2) is 7.30. The molecule has 0 aliphatic carbocycles. The van der Waals surface area contributed by atoms with E-state index in [4.69, 9.17) is 7.85 Å². The Hall–Kier alpha value is -3.03. The van der Waals surface area contributed by atoms with Crippen molar-refractivity contribution in [3.8, 4) is 16.9 Å². The molecule has 136 valence electrons. The number of aromatic nitrogens is 2. The fourth-order valence-electron chi connectivity index (χ4n) is 2.68. The van der Waals surface area contributed by atoms with Crippen LogP contribution in [-0.2, 0) is 17.2 Å². The average molecular weight is 370 g/mol. The van der Waals surface area contributed by atoms with Crippen molar-refractivity contribution in [1.29, 1.82) is 0 Å². The third-order valence-corrected chi connectivity index (χ3v) is 4.03. The largest absolute Gasteiger partial charge is 0.464 e. The van der Waals surface area contributed by atoms with Gasteiger partial charge in [-0.15, -0.1) is 0 Å². The summed E-state index contributed by atoms with van der Waals surface area (Å²) in [6.45, 7) is 0. The maximum absolute atomic E-state index is 13.5. The molecule has 1 aromatic heterocycles. The molecule has 3 aromatic rings. The van der Waals surface area contributed by atoms with E-state index in [9.17, 15) is 18.0 Å². The fraction of sp³-hybridized carbons (Fsp3) is 0.158. The van der Waals surface area contributed by atoms with Gasteiger partial charge in [-0.3, -0.25) is 0 Å². The summed E-state index contributed by atoms with van der Waals surface area (Å²) in [6.07, 6.45) is -4.24. The lowest BCUT2D eigenvalue weighted by molar-refractivity contribution is -0.137. The first-order valence-electron chi connectivity index (χ1n) is 7.99. The van der Waals surface area contributed by atoms with Gasteiger partial charge in [-0.25, -0.2) is 9.48 Å². The molecule has 27 heavy (non-hydrogen) atoms. The number of carbonyl (C=O) groups is 1. The standard InChI is InChI=1S/C19H14BF3N2O2/c1-27-18(26)15-10-17(13-8-6-12(11-20)7-9-13)25(24-15)16-5-3-2-4-14(16)19(21,22)23/h2-10H,11H2,1H3. The fourth-order valence-corrected chi connectivity index (χ4v) is 2.68. The zero-order valence-corrected chi connectivity index (χ0v) is 14.3. The average Bonchev–Trinajstić information content (AvgIpc) is 3.12. The van der Waals surface area contributed by atoms with Gasteiger partial charge in [0.25, 0.3) is 0 Å². The molecule has 1 heterocycles. The molecule has 0 fully saturated rings. The van der Waals surface area contributed by atoms with E-state index in [0.29, 0.717) is 17.6 Å². The summed E-state index contributed by atoms with van der Waals surface area (Å²) >= 11 is 0. The van der Waals surface area contributed by atoms with E-state index in [2.05, 4.69) is 9.84 Å². The number of hydrogen-bond donors (Lipinski definition) is 0. The summed E-state index contributed by atoms with van der Waals surface area (Å²) in [5.41, 5.74) is 0.658. The molecule has 0 aliphatic rings. The lowest BCUT2D eigenvalue weighted by Crippen LogP contribution is -2.12. The maximum Gasteiger partial charge on any atom is 0.418 e. The highest BCUT2D eigenvalue weighted by atomic mass is 19.4. The molecule has 2 radical (unpaired) electrons. The van der Waals surface area contributed by atoms with Crippen molar-refractivity contribution in [2.75, 3.05) is 7.11 Å². The number of halogens is 3. The highest BCUT2D eigenvalue weighted by Crippen LogP contribution is 2.35. The monoisotopic (exact) mass is 370 g/mol. The molecule has 0 amide bonds. The van der Waals surface area contributed by atoms with Crippen molar-refractivity contribution >= 4 is 13.8 Å². The zero-order chi connectivity index (χ0) is 19.6. The van der Waals surface area contributed by atoms with Crippen LogP contribution in [-0.4, -0.2) is 30.7 Å². The van der Waals surface area contributed by atoms with Gasteiger partial charge < -0.3 is 4.74 Å². The summed E-state index contributed by atoms with van der Waals surface area (Å²) in [4.78, 5) is 11.9. The summed E-state index contributed by atoms with van der Waals surface area (Å²) in [6, 6.07) is 13.4. The highest BCUT2D eigenvalue weighted by Gasteiger charge is 2.34. The van der Waals surface area contributed by atoms with Crippen molar-refractivity contribution in [1.82, 2.24) is 9.78 Å². The molecule has 8 heteroatoms. The minimum atomic E-state index is -4.57. The molecular weight excluding hydrogens is 356 g/mol. The van der Waals surface area contributed by atoms with Crippen LogP contribution in [0.15, 0.2) is 54.6 Å². The molecule has 0 atom stereocenters. The Labute approximate surface area is 155 Å². The van der Waals surface area contributed by atoms with Crippen LogP contribution < -0.4 is 0 Å². The second-order valence-corrected chi connectivity index (χ2v) is 5.73. The van der Waals surface area contributed by atoms with Gasteiger partial charge in [-0.1, -0.05) is 48.3 Å². The number of para-hydroxylation sites is 1. The van der Waals surface area contributed by atoms with E-state index < -0.39 is 17.7 Å². The third kappa shape index (κ3) is 3.74. The van der Waals surface area contributed by atoms with Crippen LogP contribution in [0.4, 0.5) is 13.2 Å². The van der Waals surface area contributed by atoms with Crippen LogP contribution in [0.2, 0.25) is 0 Å². The van der Waals surface area contributed by atoms with Crippen molar-refractivity contribution < 1.29 is 22.7 Å². The Morgan fingerprint density at radius 3 is 2.41 bits per heavy atom. The second-order valence-electron chi connectivity index (χ2n) is 5.73. The zero-order valence-electron chi connectivity index (χ0n) is 14.3. The number of rotatable bonds is 4. The van der Waals surface area contributed by atoms with E-state index in [1.807, 2.05) is 0 Å². The first-order valence-corrected chi connectivity index (χ1v) is 7.99. The molecule has 0 saturated heterocycles. The van der Waals surface area contributed by atoms with Gasteiger partial charge in [-0.05, 0) is 18.2 Å². The Balaban J connectivity index is 2.23. The number of alkyl halides is 3. The molecule has 2 aromatic carbocycles. The van der Waals surface area contributed by atoms with Gasteiger partial charge in [0, 0.05) is 5.56 Å². The highest BCUT2D eigenvalue weighted by molar-refractivity contribution is 6.08. The Bertz CT molecular complexity index is 966. The molecule has 0 N–H and O–H groups in total. The Kier molecular flexibility index (Phi) is 5.07. The maximum atomic E-state index is 13.5. The molecule has 0 bridgehead atoms. The third-order valence-electron chi connectivity index (χ3n) is 4.03. The predicted octanol–water partition coefficient (Wildman–Crippen LogP) is 4.01. The van der Waals surface area contributed by atoms with E-state index in [-0.39, 0.29) is 11.4 Å². The van der Waals surface area contributed by atoms with Crippen LogP contribution in [0, 0.1) is 0 Å². The molecule has 0 aliphatic heterocycles. The van der Waals surface area contributed by atoms with Crippen molar-refractivity contribution in [2.45, 2.75) is 12.5 Å². The van der Waals surface area contributed by atoms with E-state index in [0.717, 1.165) is 16.3 Å². The lowest BCUT2D eigenvalue weighted by atomic mass is 9.96. The van der Waals surface area contributed by atoms with Crippen molar-refractivity contribution in [3.63, 3.8) is 0 Å². The molecule has 0 spiro atoms. The molecule has 0 unspecified atom stereocenters. The number of esters is 1. The first kappa shape index (κ1) is 18.8. The summed E-state index contributed by atoms with van der Waals surface area (Å²) in [5.74, 6) is -0.738. The number of benzene rings is 2. The van der Waals surface area contributed by atoms with E-state index in [1.165, 1.54) is 31.4 Å². The van der Waals surface area contributed by atoms with Crippen LogP contribution in [0.5, 0.6) is 0 Å². The SMILES string of the molecule is [B]Cc1ccc(-c2cc(C(=O)OC)nn2-c2ccccc2C(F)(F)F)cc1. The minimum absolute atomic E-state index is 0.0904.